The van der Waals surface area contributed by atoms with E-state index in [0.717, 1.165) is 11.6 Å². The molecule has 3 N–H and O–H groups in total. The molecule has 2 aromatic carbocycles. The lowest BCUT2D eigenvalue weighted by atomic mass is 9.95. The van der Waals surface area contributed by atoms with Crippen LogP contribution in [0.4, 0.5) is 26.3 Å². The second kappa shape index (κ2) is 7.74. The molecule has 0 amide bonds. The number of nitrogens with two attached hydrogens (primary N) is 1. The van der Waals surface area contributed by atoms with Gasteiger partial charge in [-0.15, -0.1) is 0 Å². The smallest absolute Gasteiger partial charge is 0.354 e. The molecule has 3 aromatic rings. The van der Waals surface area contributed by atoms with Crippen molar-refractivity contribution in [1.82, 2.24) is 4.98 Å². The third-order valence-corrected chi connectivity index (χ3v) is 4.86. The van der Waals surface area contributed by atoms with Gasteiger partial charge in [-0.05, 0) is 56.0 Å². The number of aryl methyl sites for hydroxylation is 2. The van der Waals surface area contributed by atoms with Gasteiger partial charge in [-0.1, -0.05) is 29.8 Å². The summed E-state index contributed by atoms with van der Waals surface area (Å²) in [7, 11) is 0. The lowest BCUT2D eigenvalue weighted by molar-refractivity contribution is -0.142. The fourth-order valence-corrected chi connectivity index (χ4v) is 3.45. The Kier molecular flexibility index (Phi) is 5.67. The number of rotatable bonds is 5. The van der Waals surface area contributed by atoms with E-state index in [2.05, 4.69) is 4.98 Å². The second-order valence-corrected chi connectivity index (χ2v) is 7.03. The van der Waals surface area contributed by atoms with Crippen molar-refractivity contribution in [2.24, 2.45) is 5.73 Å². The van der Waals surface area contributed by atoms with Gasteiger partial charge < -0.3 is 10.7 Å². The number of aromatic nitrogens is 1. The molecule has 29 heavy (non-hydrogen) atoms. The minimum absolute atomic E-state index is 0.175. The number of H-pyrrole nitrogens is 1. The van der Waals surface area contributed by atoms with Crippen molar-refractivity contribution in [3.63, 3.8) is 0 Å². The van der Waals surface area contributed by atoms with Crippen LogP contribution < -0.4 is 5.73 Å². The van der Waals surface area contributed by atoms with Crippen molar-refractivity contribution in [2.75, 3.05) is 6.54 Å². The van der Waals surface area contributed by atoms with Crippen LogP contribution in [0.25, 0.3) is 22.2 Å². The minimum atomic E-state index is -4.92. The molecule has 0 fully saturated rings. The lowest BCUT2D eigenvalue weighted by Gasteiger charge is -2.14. The summed E-state index contributed by atoms with van der Waals surface area (Å²) in [5.41, 5.74) is 5.06. The normalized spacial score (nSPS) is 12.7. The third-order valence-electron chi connectivity index (χ3n) is 4.86. The molecule has 0 atom stereocenters. The van der Waals surface area contributed by atoms with Crippen molar-refractivity contribution >= 4 is 10.9 Å². The highest BCUT2D eigenvalue weighted by Crippen LogP contribution is 2.43. The van der Waals surface area contributed by atoms with E-state index in [9.17, 15) is 26.3 Å². The summed E-state index contributed by atoms with van der Waals surface area (Å²) in [6.07, 6.45) is -8.41. The molecule has 0 unspecified atom stereocenters. The van der Waals surface area contributed by atoms with Gasteiger partial charge in [0.25, 0.3) is 0 Å². The van der Waals surface area contributed by atoms with Gasteiger partial charge in [-0.25, -0.2) is 0 Å². The Morgan fingerprint density at radius 2 is 1.55 bits per heavy atom. The fourth-order valence-electron chi connectivity index (χ4n) is 3.45. The molecule has 0 aliphatic heterocycles. The Bertz CT molecular complexity index is 997. The molecule has 0 saturated heterocycles. The number of aromatic amines is 1. The predicted octanol–water partition coefficient (Wildman–Crippen LogP) is 6.46. The summed E-state index contributed by atoms with van der Waals surface area (Å²) in [5, 5.41) is -0.210. The van der Waals surface area contributed by atoms with Crippen LogP contribution in [0.3, 0.4) is 0 Å². The number of halogens is 6. The first-order valence-corrected chi connectivity index (χ1v) is 9.12. The topological polar surface area (TPSA) is 41.8 Å². The van der Waals surface area contributed by atoms with E-state index in [0.29, 0.717) is 36.2 Å². The molecular formula is C21H20F6N2. The highest BCUT2D eigenvalue weighted by molar-refractivity contribution is 5.94. The number of hydrogen-bond donors (Lipinski definition) is 2. The van der Waals surface area contributed by atoms with Crippen LogP contribution in [-0.4, -0.2) is 11.5 Å². The Morgan fingerprint density at radius 3 is 2.10 bits per heavy atom. The van der Waals surface area contributed by atoms with Crippen LogP contribution in [0.15, 0.2) is 36.4 Å². The zero-order valence-corrected chi connectivity index (χ0v) is 15.6. The molecule has 0 radical (unpaired) electrons. The van der Waals surface area contributed by atoms with E-state index < -0.39 is 23.5 Å². The quantitative estimate of drug-likeness (QED) is 0.365. The van der Waals surface area contributed by atoms with Crippen molar-refractivity contribution in [2.45, 2.75) is 38.5 Å². The fraction of sp³-hybridized carbons (Fsp3) is 0.333. The van der Waals surface area contributed by atoms with Crippen LogP contribution >= 0.6 is 0 Å². The van der Waals surface area contributed by atoms with Crippen molar-refractivity contribution in [1.29, 1.82) is 0 Å². The maximum atomic E-state index is 13.7. The highest BCUT2D eigenvalue weighted by Gasteiger charge is 2.39. The average Bonchev–Trinajstić information content (AvgIpc) is 2.99. The molecule has 156 valence electrons. The Hall–Kier alpha value is -2.48. The summed E-state index contributed by atoms with van der Waals surface area (Å²) in [6, 6.07) is 8.03. The van der Waals surface area contributed by atoms with E-state index in [4.69, 9.17) is 5.73 Å². The maximum absolute atomic E-state index is 13.7. The standard InChI is InChI=1S/C21H20F6N2/c1-12-5-7-13(8-6-12)19-15(4-2-3-9-28)18-16(21(25,26)27)10-14(20(22,23)24)11-17(18)29-19/h5-8,10-11,29H,2-4,9,28H2,1H3. The summed E-state index contributed by atoms with van der Waals surface area (Å²) in [6.45, 7) is 2.25. The van der Waals surface area contributed by atoms with Gasteiger partial charge in [0.2, 0.25) is 0 Å². The zero-order valence-electron chi connectivity index (χ0n) is 15.6. The van der Waals surface area contributed by atoms with Gasteiger partial charge in [0, 0.05) is 16.6 Å². The van der Waals surface area contributed by atoms with E-state index >= 15 is 0 Å². The Balaban J connectivity index is 2.32. The number of fused-ring (bicyclic) bond motifs is 1. The maximum Gasteiger partial charge on any atom is 0.417 e. The van der Waals surface area contributed by atoms with Gasteiger partial charge in [0.05, 0.1) is 11.1 Å². The van der Waals surface area contributed by atoms with E-state index in [1.165, 1.54) is 0 Å². The minimum Gasteiger partial charge on any atom is -0.354 e. The van der Waals surface area contributed by atoms with Crippen LogP contribution in [0, 0.1) is 6.92 Å². The van der Waals surface area contributed by atoms with Crippen LogP contribution in [-0.2, 0) is 18.8 Å². The zero-order chi connectivity index (χ0) is 21.4. The molecule has 0 aliphatic carbocycles. The Labute approximate surface area is 163 Å². The number of hydrogen-bond acceptors (Lipinski definition) is 1. The molecule has 0 aliphatic rings. The molecule has 3 rings (SSSR count). The van der Waals surface area contributed by atoms with Crippen molar-refractivity contribution in [3.8, 4) is 11.3 Å². The van der Waals surface area contributed by atoms with Crippen molar-refractivity contribution < 1.29 is 26.3 Å². The Morgan fingerprint density at radius 1 is 0.897 bits per heavy atom. The molecule has 8 heteroatoms. The number of benzene rings is 2. The first kappa shape index (κ1) is 21.2. The first-order chi connectivity index (χ1) is 13.5. The lowest BCUT2D eigenvalue weighted by Crippen LogP contribution is -2.11. The van der Waals surface area contributed by atoms with Gasteiger partial charge in [-0.3, -0.25) is 0 Å². The average molecular weight is 414 g/mol. The van der Waals surface area contributed by atoms with Crippen LogP contribution in [0.1, 0.15) is 35.1 Å². The van der Waals surface area contributed by atoms with E-state index in [1.54, 1.807) is 24.3 Å². The molecule has 0 bridgehead atoms. The van der Waals surface area contributed by atoms with Gasteiger partial charge >= 0.3 is 12.4 Å². The summed E-state index contributed by atoms with van der Waals surface area (Å²) < 4.78 is 80.8. The second-order valence-electron chi connectivity index (χ2n) is 7.03. The summed E-state index contributed by atoms with van der Waals surface area (Å²) >= 11 is 0. The van der Waals surface area contributed by atoms with Gasteiger partial charge in [0.1, 0.15) is 0 Å². The molecule has 0 saturated carbocycles. The summed E-state index contributed by atoms with van der Waals surface area (Å²) in [5.74, 6) is 0. The molecular weight excluding hydrogens is 394 g/mol. The van der Waals surface area contributed by atoms with Gasteiger partial charge in [0.15, 0.2) is 0 Å². The number of unbranched alkanes of at least 4 members (excludes halogenated alkanes) is 1. The van der Waals surface area contributed by atoms with Gasteiger partial charge in [-0.2, -0.15) is 26.3 Å². The monoisotopic (exact) mass is 414 g/mol. The number of nitrogens with one attached hydrogen (secondary N) is 1. The van der Waals surface area contributed by atoms with Crippen LogP contribution in [0.5, 0.6) is 0 Å². The third kappa shape index (κ3) is 4.42. The molecule has 0 spiro atoms. The van der Waals surface area contributed by atoms with Crippen molar-refractivity contribution in [3.05, 3.63) is 58.7 Å². The molecule has 1 heterocycles. The summed E-state index contributed by atoms with van der Waals surface area (Å²) in [4.78, 5) is 2.82. The molecule has 1 aromatic heterocycles. The predicted molar refractivity (Wildman–Crippen MR) is 100 cm³/mol. The number of alkyl halides is 6. The SMILES string of the molecule is Cc1ccc(-c2[nH]c3cc(C(F)(F)F)cc(C(F)(F)F)c3c2CCCCN)cc1. The first-order valence-electron chi connectivity index (χ1n) is 9.12. The highest BCUT2D eigenvalue weighted by atomic mass is 19.4. The van der Waals surface area contributed by atoms with E-state index in [1.807, 2.05) is 6.92 Å². The molecule has 2 nitrogen and oxygen atoms in total. The van der Waals surface area contributed by atoms with Crippen LogP contribution in [0.2, 0.25) is 0 Å². The largest absolute Gasteiger partial charge is 0.417 e. The van der Waals surface area contributed by atoms with E-state index in [-0.39, 0.29) is 23.4 Å².